The molecule has 104 heavy (non-hydrogen) atoms. The number of carbonyl (C=O) groups excluding carboxylic acids is 4. The summed E-state index contributed by atoms with van der Waals surface area (Å²) in [7, 11) is -10.0. The number of carbonyl (C=O) groups is 4. The lowest BCUT2D eigenvalue weighted by molar-refractivity contribution is -0.161. The summed E-state index contributed by atoms with van der Waals surface area (Å²) in [5.41, 5.74) is 0. The molecular formula is C85H142O17P2. The summed E-state index contributed by atoms with van der Waals surface area (Å²) in [5, 5.41) is 10.6. The number of aliphatic hydroxyl groups excluding tert-OH is 1. The minimum absolute atomic E-state index is 0.0556. The molecule has 0 amide bonds. The van der Waals surface area contributed by atoms with Gasteiger partial charge < -0.3 is 33.8 Å². The van der Waals surface area contributed by atoms with Gasteiger partial charge in [-0.25, -0.2) is 9.13 Å². The number of allylic oxidation sites excluding steroid dienone is 23. The fourth-order valence-electron chi connectivity index (χ4n) is 10.3. The Bertz CT molecular complexity index is 2540. The molecule has 0 spiro atoms. The zero-order valence-corrected chi connectivity index (χ0v) is 66.7. The van der Waals surface area contributed by atoms with Crippen molar-refractivity contribution >= 4 is 39.5 Å². The Kier molecular flexibility index (Phi) is 72.4. The molecule has 0 aromatic rings. The lowest BCUT2D eigenvalue weighted by Gasteiger charge is -2.21. The molecule has 5 unspecified atom stereocenters. The van der Waals surface area contributed by atoms with E-state index in [4.69, 9.17) is 37.0 Å². The van der Waals surface area contributed by atoms with Crippen molar-refractivity contribution in [3.05, 3.63) is 146 Å². The summed E-state index contributed by atoms with van der Waals surface area (Å²) in [6, 6.07) is 0. The Morgan fingerprint density at radius 1 is 0.288 bits per heavy atom. The zero-order valence-electron chi connectivity index (χ0n) is 64.9. The van der Waals surface area contributed by atoms with Crippen LogP contribution in [-0.2, 0) is 65.4 Å². The molecule has 5 atom stereocenters. The van der Waals surface area contributed by atoms with E-state index in [1.54, 1.807) is 6.08 Å². The van der Waals surface area contributed by atoms with Crippen LogP contribution < -0.4 is 0 Å². The molecule has 0 fully saturated rings. The van der Waals surface area contributed by atoms with Crippen LogP contribution in [0.25, 0.3) is 0 Å². The fraction of sp³-hybridized carbons (Fsp3) is 0.671. The first-order valence-electron chi connectivity index (χ1n) is 40.1. The summed E-state index contributed by atoms with van der Waals surface area (Å²) >= 11 is 0. The summed E-state index contributed by atoms with van der Waals surface area (Å²) in [6.07, 6.45) is 87.1. The van der Waals surface area contributed by atoms with Crippen molar-refractivity contribution < 1.29 is 80.2 Å². The second-order valence-corrected chi connectivity index (χ2v) is 29.2. The molecular weight excluding hydrogens is 1350 g/mol. The smallest absolute Gasteiger partial charge is 0.462 e. The summed E-state index contributed by atoms with van der Waals surface area (Å²) in [6.45, 7) is 4.47. The Hall–Kier alpha value is -5.06. The van der Waals surface area contributed by atoms with Crippen molar-refractivity contribution in [3.8, 4) is 0 Å². The third-order valence-corrected chi connectivity index (χ3v) is 18.2. The van der Waals surface area contributed by atoms with Crippen LogP contribution in [0.5, 0.6) is 0 Å². The van der Waals surface area contributed by atoms with Gasteiger partial charge in [0, 0.05) is 19.3 Å². The number of phosphoric acid groups is 2. The van der Waals surface area contributed by atoms with E-state index in [0.717, 1.165) is 148 Å². The minimum Gasteiger partial charge on any atom is -0.462 e. The molecule has 0 saturated heterocycles. The lowest BCUT2D eigenvalue weighted by atomic mass is 10.0. The zero-order chi connectivity index (χ0) is 76.0. The number of hydrogen-bond acceptors (Lipinski definition) is 15. The van der Waals surface area contributed by atoms with Gasteiger partial charge in [0.1, 0.15) is 19.3 Å². The van der Waals surface area contributed by atoms with Gasteiger partial charge in [0.15, 0.2) is 12.2 Å². The van der Waals surface area contributed by atoms with E-state index >= 15 is 0 Å². The van der Waals surface area contributed by atoms with Crippen molar-refractivity contribution in [3.63, 3.8) is 0 Å². The minimum atomic E-state index is -5.01. The van der Waals surface area contributed by atoms with Gasteiger partial charge in [-0.3, -0.25) is 37.3 Å². The molecule has 0 bridgehead atoms. The number of ether oxygens (including phenoxy) is 4. The highest BCUT2D eigenvalue weighted by atomic mass is 31.2. The van der Waals surface area contributed by atoms with Crippen LogP contribution in [0.3, 0.4) is 0 Å². The van der Waals surface area contributed by atoms with Crippen LogP contribution in [0.4, 0.5) is 0 Å². The van der Waals surface area contributed by atoms with Gasteiger partial charge >= 0.3 is 39.5 Å². The number of aliphatic hydroxyl groups is 1. The normalized spacial score (nSPS) is 14.6. The molecule has 0 saturated carbocycles. The third-order valence-electron chi connectivity index (χ3n) is 16.3. The molecule has 0 aliphatic heterocycles. The van der Waals surface area contributed by atoms with Crippen molar-refractivity contribution in [2.24, 2.45) is 0 Å². The fourth-order valence-corrected chi connectivity index (χ4v) is 11.9. The predicted octanol–water partition coefficient (Wildman–Crippen LogP) is 23.4. The van der Waals surface area contributed by atoms with Crippen LogP contribution in [0, 0.1) is 0 Å². The maximum absolute atomic E-state index is 13.1. The van der Waals surface area contributed by atoms with Crippen LogP contribution in [0.1, 0.15) is 310 Å². The second-order valence-electron chi connectivity index (χ2n) is 26.3. The van der Waals surface area contributed by atoms with Crippen molar-refractivity contribution in [1.29, 1.82) is 0 Å². The molecule has 0 aromatic carbocycles. The number of esters is 4. The van der Waals surface area contributed by atoms with Crippen molar-refractivity contribution in [1.82, 2.24) is 0 Å². The van der Waals surface area contributed by atoms with E-state index in [9.17, 15) is 43.2 Å². The van der Waals surface area contributed by atoms with Crippen LogP contribution in [-0.4, -0.2) is 96.7 Å². The van der Waals surface area contributed by atoms with Crippen LogP contribution >= 0.6 is 15.6 Å². The van der Waals surface area contributed by atoms with E-state index in [1.807, 2.05) is 18.2 Å². The van der Waals surface area contributed by atoms with Crippen LogP contribution in [0.2, 0.25) is 0 Å². The van der Waals surface area contributed by atoms with Crippen LogP contribution in [0.15, 0.2) is 146 Å². The predicted molar refractivity (Wildman–Crippen MR) is 427 cm³/mol. The van der Waals surface area contributed by atoms with E-state index in [2.05, 4.69) is 149 Å². The largest absolute Gasteiger partial charge is 0.472 e. The molecule has 0 aliphatic carbocycles. The SMILES string of the molecule is CC/C=C\C/C=C\C/C=C\C/C=C\C/C=C\CCCCCC(=O)OCC(COP(=O)(O)OCC(O)COP(=O)(O)OCC(COC(=O)C/C=C\C/C=C\C/C=C\C/C=C\C/C=C\CC)OC(=O)CCCCCCC/C=C\C/C=C\CCCCC)OC(=O)CCCCCCCCCCCCCCCCC. The van der Waals surface area contributed by atoms with Gasteiger partial charge in [-0.1, -0.05) is 302 Å². The molecule has 3 N–H and O–H groups in total. The lowest BCUT2D eigenvalue weighted by Crippen LogP contribution is -2.30. The van der Waals surface area contributed by atoms with Gasteiger partial charge in [-0.05, 0) is 128 Å². The molecule has 0 aliphatic rings. The van der Waals surface area contributed by atoms with Gasteiger partial charge in [0.05, 0.1) is 32.8 Å². The summed E-state index contributed by atoms with van der Waals surface area (Å²) < 4.78 is 68.5. The van der Waals surface area contributed by atoms with Gasteiger partial charge in [0.2, 0.25) is 0 Å². The average Bonchev–Trinajstić information content (AvgIpc) is 0.918. The maximum Gasteiger partial charge on any atom is 0.472 e. The molecule has 0 aromatic heterocycles. The topological polar surface area (TPSA) is 237 Å². The molecule has 19 heteroatoms. The summed E-state index contributed by atoms with van der Waals surface area (Å²) in [4.78, 5) is 73.0. The standard InChI is InChI=1S/C85H142O17P2/c1-5-9-13-17-21-25-29-33-37-38-39-40-44-46-50-54-58-62-66-70-83(88)96-76-81(102-85(90)72-68-64-60-56-52-48-43-36-32-28-24-20-16-12-8-4)78-100-104(93,94)98-74-79(86)73-97-103(91,92)99-77-80(101-84(89)71-67-63-59-55-51-47-42-35-31-27-23-19-15-11-7-3)75-95-82(87)69-65-61-57-53-49-45-41-34-30-26-22-18-14-10-6-2/h9-10,13-14,21-23,25-27,33-35,37,39-42,46,49-50,53,61,65,79-81,86H,5-8,11-12,15-20,24,28-32,36,38,43-45,47-48,51-52,54-60,62-64,66-78H2,1-4H3,(H,91,92)(H,93,94)/b13-9-,14-10-,25-21-,26-22-,27-23-,37-33-,40-39-,41-34-,42-35-,50-46-,53-49-,65-61-. The average molecular weight is 1500 g/mol. The molecule has 594 valence electrons. The monoisotopic (exact) mass is 1500 g/mol. The third kappa shape index (κ3) is 75.2. The van der Waals surface area contributed by atoms with Crippen molar-refractivity contribution in [2.75, 3.05) is 39.6 Å². The van der Waals surface area contributed by atoms with Gasteiger partial charge in [0.25, 0.3) is 0 Å². The van der Waals surface area contributed by atoms with Gasteiger partial charge in [-0.2, -0.15) is 0 Å². The Labute approximate surface area is 630 Å². The number of phosphoric ester groups is 2. The van der Waals surface area contributed by atoms with Crippen molar-refractivity contribution in [2.45, 2.75) is 329 Å². The summed E-state index contributed by atoms with van der Waals surface area (Å²) in [5.74, 6) is -2.37. The molecule has 17 nitrogen and oxygen atoms in total. The van der Waals surface area contributed by atoms with E-state index in [1.165, 1.54) is 83.5 Å². The van der Waals surface area contributed by atoms with E-state index < -0.39 is 97.5 Å². The first kappa shape index (κ1) is 98.9. The molecule has 0 heterocycles. The quantitative estimate of drug-likeness (QED) is 0.0169. The number of unbranched alkanes of at least 4 members (excludes halogenated alkanes) is 25. The van der Waals surface area contributed by atoms with E-state index in [0.29, 0.717) is 25.7 Å². The highest BCUT2D eigenvalue weighted by Crippen LogP contribution is 2.45. The first-order chi connectivity index (χ1) is 50.7. The molecule has 0 radical (unpaired) electrons. The molecule has 0 rings (SSSR count). The Morgan fingerprint density at radius 3 is 0.885 bits per heavy atom. The Morgan fingerprint density at radius 2 is 0.538 bits per heavy atom. The highest BCUT2D eigenvalue weighted by Gasteiger charge is 2.30. The second kappa shape index (κ2) is 76.1. The maximum atomic E-state index is 13.1. The Balaban J connectivity index is 5.46. The number of hydrogen-bond donors (Lipinski definition) is 3. The van der Waals surface area contributed by atoms with E-state index in [-0.39, 0.29) is 25.7 Å². The first-order valence-corrected chi connectivity index (χ1v) is 43.1. The van der Waals surface area contributed by atoms with Gasteiger partial charge in [-0.15, -0.1) is 0 Å². The number of rotatable bonds is 74. The highest BCUT2D eigenvalue weighted by molar-refractivity contribution is 7.47.